The molecule has 1 aliphatic rings. The van der Waals surface area contributed by atoms with Crippen molar-refractivity contribution >= 4 is 11.6 Å². The second-order valence-electron chi connectivity index (χ2n) is 7.25. The minimum atomic E-state index is 0.0190. The van der Waals surface area contributed by atoms with E-state index in [1.807, 2.05) is 83.3 Å². The lowest BCUT2D eigenvalue weighted by atomic mass is 10.1. The average Bonchev–Trinajstić information content (AvgIpc) is 3.38. The topological polar surface area (TPSA) is 55.4 Å². The van der Waals surface area contributed by atoms with E-state index in [-0.39, 0.29) is 11.9 Å². The van der Waals surface area contributed by atoms with Gasteiger partial charge in [0, 0.05) is 24.8 Å². The van der Waals surface area contributed by atoms with E-state index in [0.717, 1.165) is 35.4 Å². The summed E-state index contributed by atoms with van der Waals surface area (Å²) in [5, 5.41) is 4.56. The number of imidazole rings is 1. The summed E-state index contributed by atoms with van der Waals surface area (Å²) in [5.41, 5.74) is 4.35. The molecule has 3 heterocycles. The van der Waals surface area contributed by atoms with Gasteiger partial charge in [-0.1, -0.05) is 36.4 Å². The van der Waals surface area contributed by atoms with Crippen LogP contribution in [0.25, 0.3) is 16.9 Å². The van der Waals surface area contributed by atoms with Crippen LogP contribution in [0.15, 0.2) is 67.0 Å². The molecule has 28 heavy (non-hydrogen) atoms. The molecule has 5 rings (SSSR count). The molecule has 0 bridgehead atoms. The summed E-state index contributed by atoms with van der Waals surface area (Å²) in [5.74, 6) is 0.0190. The normalized spacial score (nSPS) is 13.8. The summed E-state index contributed by atoms with van der Waals surface area (Å²) in [6.07, 6.45) is 5.94. The second kappa shape index (κ2) is 6.64. The SMILES string of the molecule is Cn1nc(-c2ccccc2)cc1C(=O)N(Cc1cnc2ccccn12)C1CC1. The van der Waals surface area contributed by atoms with Crippen LogP contribution in [0.3, 0.4) is 0 Å². The van der Waals surface area contributed by atoms with E-state index < -0.39 is 0 Å². The number of fused-ring (bicyclic) bond motifs is 1. The lowest BCUT2D eigenvalue weighted by Gasteiger charge is -2.22. The van der Waals surface area contributed by atoms with Crippen LogP contribution < -0.4 is 0 Å². The van der Waals surface area contributed by atoms with E-state index in [1.165, 1.54) is 0 Å². The first-order valence-electron chi connectivity index (χ1n) is 9.52. The molecule has 0 saturated heterocycles. The van der Waals surface area contributed by atoms with E-state index in [4.69, 9.17) is 0 Å². The first-order chi connectivity index (χ1) is 13.7. The molecular weight excluding hydrogens is 350 g/mol. The molecule has 1 amide bonds. The van der Waals surface area contributed by atoms with Gasteiger partial charge in [0.2, 0.25) is 0 Å². The molecule has 0 aliphatic heterocycles. The van der Waals surface area contributed by atoms with Crippen molar-refractivity contribution in [1.29, 1.82) is 0 Å². The number of carbonyl (C=O) groups excluding carboxylic acids is 1. The quantitative estimate of drug-likeness (QED) is 0.539. The van der Waals surface area contributed by atoms with Gasteiger partial charge in [0.05, 0.1) is 24.1 Å². The van der Waals surface area contributed by atoms with Gasteiger partial charge < -0.3 is 9.30 Å². The molecule has 1 saturated carbocycles. The number of pyridine rings is 1. The second-order valence-corrected chi connectivity index (χ2v) is 7.25. The van der Waals surface area contributed by atoms with Gasteiger partial charge in [-0.25, -0.2) is 4.98 Å². The molecule has 3 aromatic heterocycles. The predicted octanol–water partition coefficient (Wildman–Crippen LogP) is 3.54. The van der Waals surface area contributed by atoms with E-state index in [9.17, 15) is 4.79 Å². The fraction of sp³-hybridized carbons (Fsp3) is 0.227. The van der Waals surface area contributed by atoms with Crippen molar-refractivity contribution in [2.45, 2.75) is 25.4 Å². The third-order valence-electron chi connectivity index (χ3n) is 5.24. The van der Waals surface area contributed by atoms with Crippen LogP contribution in [0.4, 0.5) is 0 Å². The maximum Gasteiger partial charge on any atom is 0.272 e. The van der Waals surface area contributed by atoms with Gasteiger partial charge in [-0.2, -0.15) is 5.10 Å². The summed E-state index contributed by atoms with van der Waals surface area (Å²) in [6.45, 7) is 0.542. The number of aryl methyl sites for hydroxylation is 1. The van der Waals surface area contributed by atoms with Crippen molar-refractivity contribution in [2.24, 2.45) is 7.05 Å². The molecule has 1 aromatic carbocycles. The van der Waals surface area contributed by atoms with Crippen molar-refractivity contribution in [3.63, 3.8) is 0 Å². The molecule has 6 nitrogen and oxygen atoms in total. The van der Waals surface area contributed by atoms with Gasteiger partial charge in [0.25, 0.3) is 5.91 Å². The molecule has 0 atom stereocenters. The number of amides is 1. The van der Waals surface area contributed by atoms with Crippen molar-refractivity contribution in [2.75, 3.05) is 0 Å². The Morgan fingerprint density at radius 1 is 1.14 bits per heavy atom. The Morgan fingerprint density at radius 3 is 2.71 bits per heavy atom. The zero-order valence-electron chi connectivity index (χ0n) is 15.7. The van der Waals surface area contributed by atoms with E-state index >= 15 is 0 Å². The summed E-state index contributed by atoms with van der Waals surface area (Å²) in [6, 6.07) is 18.0. The molecule has 0 N–H and O–H groups in total. The maximum atomic E-state index is 13.4. The fourth-order valence-electron chi connectivity index (χ4n) is 3.59. The van der Waals surface area contributed by atoms with Crippen LogP contribution in [0, 0.1) is 0 Å². The first-order valence-corrected chi connectivity index (χ1v) is 9.52. The zero-order chi connectivity index (χ0) is 19.1. The Hall–Kier alpha value is -3.41. The highest BCUT2D eigenvalue weighted by atomic mass is 16.2. The Bertz CT molecular complexity index is 1140. The van der Waals surface area contributed by atoms with Crippen molar-refractivity contribution in [3.8, 4) is 11.3 Å². The largest absolute Gasteiger partial charge is 0.328 e. The zero-order valence-corrected chi connectivity index (χ0v) is 15.7. The van der Waals surface area contributed by atoms with Gasteiger partial charge >= 0.3 is 0 Å². The van der Waals surface area contributed by atoms with Gasteiger partial charge in [-0.15, -0.1) is 0 Å². The van der Waals surface area contributed by atoms with Crippen molar-refractivity contribution in [1.82, 2.24) is 24.1 Å². The highest BCUT2D eigenvalue weighted by Gasteiger charge is 2.35. The fourth-order valence-corrected chi connectivity index (χ4v) is 3.59. The van der Waals surface area contributed by atoms with Gasteiger partial charge in [0.1, 0.15) is 11.3 Å². The van der Waals surface area contributed by atoms with Crippen LogP contribution in [0.1, 0.15) is 29.0 Å². The molecule has 140 valence electrons. The molecule has 1 fully saturated rings. The number of carbonyl (C=O) groups is 1. The summed E-state index contributed by atoms with van der Waals surface area (Å²) < 4.78 is 3.73. The van der Waals surface area contributed by atoms with Crippen LogP contribution in [0.2, 0.25) is 0 Å². The Kier molecular flexibility index (Phi) is 3.97. The van der Waals surface area contributed by atoms with Gasteiger partial charge in [-0.05, 0) is 31.0 Å². The monoisotopic (exact) mass is 371 g/mol. The Labute approximate surface area is 163 Å². The lowest BCUT2D eigenvalue weighted by Crippen LogP contribution is -2.34. The Morgan fingerprint density at radius 2 is 1.93 bits per heavy atom. The molecule has 0 spiro atoms. The minimum Gasteiger partial charge on any atom is -0.328 e. The maximum absolute atomic E-state index is 13.4. The van der Waals surface area contributed by atoms with Crippen LogP contribution in [-0.4, -0.2) is 36.0 Å². The number of benzene rings is 1. The molecule has 0 unspecified atom stereocenters. The van der Waals surface area contributed by atoms with E-state index in [2.05, 4.69) is 10.1 Å². The van der Waals surface area contributed by atoms with E-state index in [1.54, 1.807) is 4.68 Å². The minimum absolute atomic E-state index is 0.0190. The third-order valence-corrected chi connectivity index (χ3v) is 5.24. The number of rotatable bonds is 5. The van der Waals surface area contributed by atoms with Crippen LogP contribution in [0.5, 0.6) is 0 Å². The standard InChI is InChI=1S/C22H21N5O/c1-25-20(13-19(24-25)16-7-3-2-4-8-16)22(28)27(17-10-11-17)15-18-14-23-21-9-5-6-12-26(18)21/h2-9,12-14,17H,10-11,15H2,1H3. The third kappa shape index (κ3) is 2.97. The molecule has 1 aliphatic carbocycles. The smallest absolute Gasteiger partial charge is 0.272 e. The van der Waals surface area contributed by atoms with Gasteiger partial charge in [0.15, 0.2) is 0 Å². The summed E-state index contributed by atoms with van der Waals surface area (Å²) in [4.78, 5) is 19.8. The summed E-state index contributed by atoms with van der Waals surface area (Å²) in [7, 11) is 1.83. The number of nitrogens with zero attached hydrogens (tertiary/aromatic N) is 5. The number of hydrogen-bond donors (Lipinski definition) is 0. The Balaban J connectivity index is 1.46. The first kappa shape index (κ1) is 16.7. The van der Waals surface area contributed by atoms with E-state index in [0.29, 0.717) is 12.2 Å². The lowest BCUT2D eigenvalue weighted by molar-refractivity contribution is 0.0716. The van der Waals surface area contributed by atoms with Crippen molar-refractivity contribution < 1.29 is 4.79 Å². The van der Waals surface area contributed by atoms with Crippen LogP contribution >= 0.6 is 0 Å². The number of aromatic nitrogens is 4. The molecule has 0 radical (unpaired) electrons. The highest BCUT2D eigenvalue weighted by molar-refractivity contribution is 5.94. The van der Waals surface area contributed by atoms with Crippen LogP contribution in [-0.2, 0) is 13.6 Å². The highest BCUT2D eigenvalue weighted by Crippen LogP contribution is 2.30. The average molecular weight is 371 g/mol. The number of hydrogen-bond acceptors (Lipinski definition) is 3. The molecule has 6 heteroatoms. The van der Waals surface area contributed by atoms with Gasteiger partial charge in [-0.3, -0.25) is 9.48 Å². The predicted molar refractivity (Wildman–Crippen MR) is 107 cm³/mol. The summed E-state index contributed by atoms with van der Waals surface area (Å²) >= 11 is 0. The van der Waals surface area contributed by atoms with Crippen molar-refractivity contribution in [3.05, 3.63) is 78.4 Å². The molecule has 4 aromatic rings. The molecular formula is C22H21N5O.